The lowest BCUT2D eigenvalue weighted by atomic mass is 10.0. The molecule has 0 saturated heterocycles. The van der Waals surface area contributed by atoms with E-state index in [2.05, 4.69) is 13.2 Å². The predicted molar refractivity (Wildman–Crippen MR) is 96.4 cm³/mol. The Morgan fingerprint density at radius 2 is 2.00 bits per heavy atom. The van der Waals surface area contributed by atoms with Gasteiger partial charge in [-0.1, -0.05) is 43.5 Å². The second-order valence-electron chi connectivity index (χ2n) is 5.26. The van der Waals surface area contributed by atoms with Crippen LogP contribution in [-0.4, -0.2) is 23.8 Å². The predicted octanol–water partition coefficient (Wildman–Crippen LogP) is 3.36. The lowest BCUT2D eigenvalue weighted by molar-refractivity contribution is 0.465. The normalized spacial score (nSPS) is 11.1. The number of hydrogen-bond acceptors (Lipinski definition) is 3. The molecule has 118 valence electrons. The summed E-state index contributed by atoms with van der Waals surface area (Å²) in [7, 11) is 3.69. The number of allylic oxidation sites excluding steroid dienone is 4. The molecule has 0 saturated carbocycles. The number of aromatic hydroxyl groups is 1. The van der Waals surface area contributed by atoms with Crippen molar-refractivity contribution in [2.24, 2.45) is 0 Å². The monoisotopic (exact) mass is 308 g/mol. The number of rotatable bonds is 5. The number of nitrogens with zero attached hydrogens (tertiary/aromatic N) is 2. The molecular formula is C19H20N2O2. The largest absolute Gasteiger partial charge is 0.503 e. The summed E-state index contributed by atoms with van der Waals surface area (Å²) in [5, 5.41) is 9.78. The zero-order valence-corrected chi connectivity index (χ0v) is 13.4. The fourth-order valence-electron chi connectivity index (χ4n) is 2.31. The molecule has 4 nitrogen and oxygen atoms in total. The first kappa shape index (κ1) is 16.4. The summed E-state index contributed by atoms with van der Waals surface area (Å²) in [6.07, 6.45) is 6.78. The number of anilines is 1. The Kier molecular flexibility index (Phi) is 4.86. The minimum absolute atomic E-state index is 0.286. The van der Waals surface area contributed by atoms with Crippen molar-refractivity contribution in [3.8, 4) is 11.4 Å². The van der Waals surface area contributed by atoms with E-state index in [1.54, 1.807) is 16.7 Å². The quantitative estimate of drug-likeness (QED) is 0.862. The molecule has 0 aliphatic heterocycles. The van der Waals surface area contributed by atoms with E-state index < -0.39 is 5.43 Å². The van der Waals surface area contributed by atoms with E-state index >= 15 is 0 Å². The van der Waals surface area contributed by atoms with Gasteiger partial charge in [0, 0.05) is 25.8 Å². The van der Waals surface area contributed by atoms with E-state index in [-0.39, 0.29) is 5.75 Å². The summed E-state index contributed by atoms with van der Waals surface area (Å²) >= 11 is 0. The molecule has 0 unspecified atom stereocenters. The van der Waals surface area contributed by atoms with Crippen molar-refractivity contribution in [1.82, 2.24) is 4.57 Å². The van der Waals surface area contributed by atoms with Crippen LogP contribution in [0.4, 0.5) is 5.82 Å². The molecule has 1 heterocycles. The fraction of sp³-hybridized carbons (Fsp3) is 0.105. The third-order valence-corrected chi connectivity index (χ3v) is 3.44. The van der Waals surface area contributed by atoms with E-state index in [0.29, 0.717) is 5.82 Å². The molecular weight excluding hydrogens is 288 g/mol. The maximum atomic E-state index is 11.7. The van der Waals surface area contributed by atoms with E-state index in [0.717, 1.165) is 16.8 Å². The fourth-order valence-corrected chi connectivity index (χ4v) is 2.31. The van der Waals surface area contributed by atoms with Gasteiger partial charge in [-0.25, -0.2) is 0 Å². The summed E-state index contributed by atoms with van der Waals surface area (Å²) in [5.41, 5.74) is 2.34. The second kappa shape index (κ2) is 6.83. The van der Waals surface area contributed by atoms with Gasteiger partial charge in [-0.3, -0.25) is 9.36 Å². The van der Waals surface area contributed by atoms with Crippen molar-refractivity contribution in [3.63, 3.8) is 0 Å². The minimum atomic E-state index is -0.403. The van der Waals surface area contributed by atoms with E-state index in [1.165, 1.54) is 12.3 Å². The molecule has 0 spiro atoms. The Hall–Kier alpha value is -3.01. The van der Waals surface area contributed by atoms with Gasteiger partial charge in [0.15, 0.2) is 5.75 Å². The third-order valence-electron chi connectivity index (χ3n) is 3.44. The number of aromatic nitrogens is 1. The Morgan fingerprint density at radius 3 is 2.61 bits per heavy atom. The van der Waals surface area contributed by atoms with Gasteiger partial charge in [0.2, 0.25) is 5.43 Å². The first-order valence-corrected chi connectivity index (χ1v) is 7.17. The van der Waals surface area contributed by atoms with Gasteiger partial charge in [0.25, 0.3) is 0 Å². The van der Waals surface area contributed by atoms with E-state index in [4.69, 9.17) is 0 Å². The van der Waals surface area contributed by atoms with Gasteiger partial charge < -0.3 is 10.0 Å². The van der Waals surface area contributed by atoms with Crippen molar-refractivity contribution in [2.45, 2.75) is 0 Å². The summed E-state index contributed by atoms with van der Waals surface area (Å²) in [6.45, 7) is 7.53. The molecule has 1 N–H and O–H groups in total. The second-order valence-corrected chi connectivity index (χ2v) is 5.26. The zero-order chi connectivity index (χ0) is 17.0. The topological polar surface area (TPSA) is 45.5 Å². The number of pyridine rings is 1. The molecule has 4 heteroatoms. The Morgan fingerprint density at radius 1 is 1.26 bits per heavy atom. The maximum Gasteiger partial charge on any atom is 0.225 e. The molecule has 1 aromatic heterocycles. The van der Waals surface area contributed by atoms with Gasteiger partial charge in [0.05, 0.1) is 6.20 Å². The van der Waals surface area contributed by atoms with Crippen LogP contribution in [-0.2, 0) is 0 Å². The smallest absolute Gasteiger partial charge is 0.225 e. The number of benzene rings is 1. The first-order valence-electron chi connectivity index (χ1n) is 7.17. The molecule has 23 heavy (non-hydrogen) atoms. The zero-order valence-electron chi connectivity index (χ0n) is 13.4. The minimum Gasteiger partial charge on any atom is -0.503 e. The molecule has 0 aliphatic rings. The van der Waals surface area contributed by atoms with Crippen LogP contribution in [0.2, 0.25) is 0 Å². The molecule has 0 atom stereocenters. The molecule has 0 amide bonds. The maximum absolute atomic E-state index is 11.7. The highest BCUT2D eigenvalue weighted by Crippen LogP contribution is 2.23. The van der Waals surface area contributed by atoms with Gasteiger partial charge >= 0.3 is 0 Å². The third kappa shape index (κ3) is 3.43. The van der Waals surface area contributed by atoms with Crippen molar-refractivity contribution in [3.05, 3.63) is 83.7 Å². The lowest BCUT2D eigenvalue weighted by Crippen LogP contribution is -2.18. The van der Waals surface area contributed by atoms with Crippen molar-refractivity contribution in [1.29, 1.82) is 0 Å². The van der Waals surface area contributed by atoms with Crippen molar-refractivity contribution in [2.75, 3.05) is 19.0 Å². The molecule has 1 aromatic carbocycles. The summed E-state index contributed by atoms with van der Waals surface area (Å²) in [6, 6.07) is 9.18. The highest BCUT2D eigenvalue weighted by atomic mass is 16.3. The molecule has 0 bridgehead atoms. The van der Waals surface area contributed by atoms with Gasteiger partial charge in [-0.05, 0) is 23.3 Å². The summed E-state index contributed by atoms with van der Waals surface area (Å²) < 4.78 is 1.77. The molecule has 0 radical (unpaired) electrons. The van der Waals surface area contributed by atoms with Crippen LogP contribution in [0.5, 0.6) is 5.75 Å². The van der Waals surface area contributed by atoms with Gasteiger partial charge in [0.1, 0.15) is 5.82 Å². The standard InChI is InChI=1S/C19H20N2O2/c1-5-8-14(6-2)15-9-7-10-16(11-15)21-13-18(23)17(22)12-19(21)20(3)4/h5-13,23H,1-2H2,3-4H3/b14-8+. The average Bonchev–Trinajstić information content (AvgIpc) is 2.54. The van der Waals surface area contributed by atoms with Crippen LogP contribution >= 0.6 is 0 Å². The number of hydrogen-bond donors (Lipinski definition) is 1. The Bertz CT molecular complexity index is 830. The van der Waals surface area contributed by atoms with Crippen molar-refractivity contribution >= 4 is 11.4 Å². The molecule has 2 rings (SSSR count). The Labute approximate surface area is 135 Å². The van der Waals surface area contributed by atoms with Crippen LogP contribution in [0, 0.1) is 0 Å². The van der Waals surface area contributed by atoms with Gasteiger partial charge in [-0.15, -0.1) is 0 Å². The van der Waals surface area contributed by atoms with Gasteiger partial charge in [-0.2, -0.15) is 0 Å². The SMILES string of the molecule is C=C/C=C(\C=C)c1cccc(-n2cc(O)c(=O)cc2N(C)C)c1. The van der Waals surface area contributed by atoms with Crippen LogP contribution in [0.15, 0.2) is 72.7 Å². The van der Waals surface area contributed by atoms with Crippen LogP contribution in [0.1, 0.15) is 5.56 Å². The average molecular weight is 308 g/mol. The van der Waals surface area contributed by atoms with E-state index in [1.807, 2.05) is 49.3 Å². The highest BCUT2D eigenvalue weighted by molar-refractivity contribution is 5.75. The molecule has 0 fully saturated rings. The summed E-state index contributed by atoms with van der Waals surface area (Å²) in [4.78, 5) is 13.5. The van der Waals surface area contributed by atoms with Crippen molar-refractivity contribution < 1.29 is 5.11 Å². The summed E-state index contributed by atoms with van der Waals surface area (Å²) in [5.74, 6) is 0.393. The van der Waals surface area contributed by atoms with Crippen LogP contribution < -0.4 is 10.3 Å². The molecule has 0 aliphatic carbocycles. The molecule has 2 aromatic rings. The van der Waals surface area contributed by atoms with Crippen LogP contribution in [0.3, 0.4) is 0 Å². The Balaban J connectivity index is 2.66. The van der Waals surface area contributed by atoms with E-state index in [9.17, 15) is 9.90 Å². The first-order chi connectivity index (χ1) is 11.0. The van der Waals surface area contributed by atoms with Crippen LogP contribution in [0.25, 0.3) is 11.3 Å². The highest BCUT2D eigenvalue weighted by Gasteiger charge is 2.10. The lowest BCUT2D eigenvalue weighted by Gasteiger charge is -2.20.